The molecule has 0 unspecified atom stereocenters. The summed E-state index contributed by atoms with van der Waals surface area (Å²) in [6, 6.07) is 3.87. The van der Waals surface area contributed by atoms with Crippen LogP contribution in [0.1, 0.15) is 68.6 Å². The lowest BCUT2D eigenvalue weighted by Crippen LogP contribution is -2.50. The van der Waals surface area contributed by atoms with Gasteiger partial charge in [0.05, 0.1) is 5.69 Å². The first-order valence-corrected chi connectivity index (χ1v) is 14.2. The number of nitrogens with two attached hydrogens (primary N) is 1. The van der Waals surface area contributed by atoms with Crippen LogP contribution >= 0.6 is 0 Å². The number of rotatable bonds is 6. The van der Waals surface area contributed by atoms with Crippen LogP contribution in [0.25, 0.3) is 6.08 Å². The van der Waals surface area contributed by atoms with Crippen molar-refractivity contribution in [3.63, 3.8) is 0 Å². The number of hydrogen-bond donors (Lipinski definition) is 2. The molecular weight excluding hydrogens is 462 g/mol. The summed E-state index contributed by atoms with van der Waals surface area (Å²) >= 11 is 0. The zero-order valence-electron chi connectivity index (χ0n) is 21.4. The van der Waals surface area contributed by atoms with Gasteiger partial charge in [-0.3, -0.25) is 9.79 Å². The maximum absolute atomic E-state index is 13.1. The number of aryl methyl sites for hydroxylation is 2. The molecule has 0 atom stereocenters. The monoisotopic (exact) mass is 501 g/mol. The summed E-state index contributed by atoms with van der Waals surface area (Å²) in [5.74, 6) is 7.72. The summed E-state index contributed by atoms with van der Waals surface area (Å²) in [7, 11) is -1.84. The van der Waals surface area contributed by atoms with E-state index in [4.69, 9.17) is 10.8 Å². The topological polar surface area (TPSA) is 108 Å². The van der Waals surface area contributed by atoms with Crippen molar-refractivity contribution in [2.75, 3.05) is 25.1 Å². The number of aliphatic imine (C=N–C) groups is 1. The van der Waals surface area contributed by atoms with Gasteiger partial charge in [-0.2, -0.15) is 4.31 Å². The van der Waals surface area contributed by atoms with Crippen molar-refractivity contribution in [3.05, 3.63) is 34.2 Å². The minimum absolute atomic E-state index is 0.0612. The maximum Gasteiger partial charge on any atom is 0.253 e. The summed E-state index contributed by atoms with van der Waals surface area (Å²) in [5.41, 5.74) is 2.84. The van der Waals surface area contributed by atoms with E-state index in [1.165, 1.54) is 34.0 Å². The fourth-order valence-corrected chi connectivity index (χ4v) is 6.86. The van der Waals surface area contributed by atoms with Gasteiger partial charge in [0.25, 0.3) is 5.91 Å². The number of sulfonamides is 1. The van der Waals surface area contributed by atoms with E-state index >= 15 is 0 Å². The number of amides is 1. The van der Waals surface area contributed by atoms with Crippen LogP contribution in [0.15, 0.2) is 22.5 Å². The third kappa shape index (κ3) is 5.32. The molecule has 1 saturated heterocycles. The van der Waals surface area contributed by atoms with E-state index < -0.39 is 15.6 Å². The first-order chi connectivity index (χ1) is 16.5. The van der Waals surface area contributed by atoms with Gasteiger partial charge in [0.2, 0.25) is 10.0 Å². The van der Waals surface area contributed by atoms with Gasteiger partial charge < -0.3 is 10.3 Å². The maximum atomic E-state index is 13.1. The van der Waals surface area contributed by atoms with Gasteiger partial charge in [0.1, 0.15) is 11.4 Å². The van der Waals surface area contributed by atoms with E-state index in [0.29, 0.717) is 18.8 Å². The SMILES string of the molecule is CCC1CCC(C2=NC3(CCN(S(=O)(=O)/C=C/c4c(C)cc(N(C)N)cc4C)CC3)C(=O)N2)CC1. The molecule has 0 aromatic heterocycles. The first kappa shape index (κ1) is 25.9. The highest BCUT2D eigenvalue weighted by Crippen LogP contribution is 2.36. The van der Waals surface area contributed by atoms with E-state index in [0.717, 1.165) is 47.0 Å². The molecule has 4 rings (SSSR count). The van der Waals surface area contributed by atoms with E-state index in [1.807, 2.05) is 26.0 Å². The smallest absolute Gasteiger partial charge is 0.253 e. The number of nitrogens with one attached hydrogen (secondary N) is 1. The van der Waals surface area contributed by atoms with E-state index in [-0.39, 0.29) is 19.0 Å². The molecule has 1 aromatic rings. The molecule has 1 amide bonds. The highest BCUT2D eigenvalue weighted by Gasteiger charge is 2.48. The second kappa shape index (κ2) is 10.0. The standard InChI is InChI=1S/C26H39N5O3S/c1-5-20-6-8-21(9-7-20)24-28-25(32)26(29-24)11-13-31(14-12-26)35(33,34)15-10-23-18(2)16-22(30(4)27)17-19(23)3/h10,15-17,20-21H,5-9,11-14,27H2,1-4H3,(H,28,29,32)/b15-10+. The fourth-order valence-electron chi connectivity index (χ4n) is 5.69. The summed E-state index contributed by atoms with van der Waals surface area (Å²) in [4.78, 5) is 17.8. The van der Waals surface area contributed by atoms with E-state index in [2.05, 4.69) is 12.2 Å². The van der Waals surface area contributed by atoms with Crippen molar-refractivity contribution < 1.29 is 13.2 Å². The summed E-state index contributed by atoms with van der Waals surface area (Å²) in [6.07, 6.45) is 8.21. The third-order valence-corrected chi connectivity index (χ3v) is 9.68. The minimum atomic E-state index is -3.61. The molecular formula is C26H39N5O3S. The van der Waals surface area contributed by atoms with Crippen LogP contribution in [0.2, 0.25) is 0 Å². The Morgan fingerprint density at radius 2 is 1.77 bits per heavy atom. The summed E-state index contributed by atoms with van der Waals surface area (Å²) < 4.78 is 27.6. The average molecular weight is 502 g/mol. The van der Waals surface area contributed by atoms with Gasteiger partial charge in [-0.25, -0.2) is 14.3 Å². The molecule has 9 heteroatoms. The third-order valence-electron chi connectivity index (χ3n) is 8.11. The second-order valence-electron chi connectivity index (χ2n) is 10.5. The molecule has 0 radical (unpaired) electrons. The molecule has 0 bridgehead atoms. The molecule has 1 aliphatic carbocycles. The van der Waals surface area contributed by atoms with Crippen LogP contribution in [0.3, 0.4) is 0 Å². The Balaban J connectivity index is 1.43. The Labute approximate surface area is 209 Å². The quantitative estimate of drug-likeness (QED) is 0.458. The number of anilines is 1. The van der Waals surface area contributed by atoms with Crippen LogP contribution in [-0.4, -0.2) is 50.1 Å². The lowest BCUT2D eigenvalue weighted by molar-refractivity contribution is -0.125. The summed E-state index contributed by atoms with van der Waals surface area (Å²) in [5, 5.41) is 5.88. The first-order valence-electron chi connectivity index (χ1n) is 12.7. The molecule has 192 valence electrons. The van der Waals surface area contributed by atoms with Crippen LogP contribution in [0.4, 0.5) is 5.69 Å². The average Bonchev–Trinajstić information content (AvgIpc) is 3.14. The van der Waals surface area contributed by atoms with Crippen molar-refractivity contribution in [2.45, 2.75) is 71.3 Å². The molecule has 8 nitrogen and oxygen atoms in total. The zero-order valence-corrected chi connectivity index (χ0v) is 22.2. The van der Waals surface area contributed by atoms with Gasteiger partial charge in [-0.1, -0.05) is 13.3 Å². The second-order valence-corrected chi connectivity index (χ2v) is 12.3. The predicted octanol–water partition coefficient (Wildman–Crippen LogP) is 3.49. The van der Waals surface area contributed by atoms with Crippen molar-refractivity contribution >= 4 is 33.5 Å². The highest BCUT2D eigenvalue weighted by atomic mass is 32.2. The minimum Gasteiger partial charge on any atom is -0.314 e. The Bertz CT molecular complexity index is 1100. The van der Waals surface area contributed by atoms with Gasteiger partial charge in [-0.05, 0) is 93.2 Å². The fraction of sp³-hybridized carbons (Fsp3) is 0.615. The summed E-state index contributed by atoms with van der Waals surface area (Å²) in [6.45, 7) is 6.70. The van der Waals surface area contributed by atoms with Crippen LogP contribution in [0, 0.1) is 25.7 Å². The number of nitrogens with zero attached hydrogens (tertiary/aromatic N) is 3. The largest absolute Gasteiger partial charge is 0.314 e. The Morgan fingerprint density at radius 1 is 1.17 bits per heavy atom. The van der Waals surface area contributed by atoms with E-state index in [1.54, 1.807) is 13.1 Å². The Hall–Kier alpha value is -2.23. The normalized spacial score (nSPS) is 25.2. The number of hydrogen-bond acceptors (Lipinski definition) is 6. The van der Waals surface area contributed by atoms with Gasteiger partial charge in [-0.15, -0.1) is 0 Å². The Kier molecular flexibility index (Phi) is 7.41. The molecule has 2 heterocycles. The number of benzene rings is 1. The molecule has 1 saturated carbocycles. The molecule has 3 N–H and O–H groups in total. The lowest BCUT2D eigenvalue weighted by atomic mass is 9.80. The number of piperidine rings is 1. The Morgan fingerprint density at radius 3 is 2.31 bits per heavy atom. The van der Waals surface area contributed by atoms with Crippen LogP contribution in [-0.2, 0) is 14.8 Å². The molecule has 2 aliphatic heterocycles. The predicted molar refractivity (Wildman–Crippen MR) is 141 cm³/mol. The van der Waals surface area contributed by atoms with Crippen molar-refractivity contribution in [1.29, 1.82) is 0 Å². The van der Waals surface area contributed by atoms with Crippen molar-refractivity contribution in [3.8, 4) is 0 Å². The van der Waals surface area contributed by atoms with Gasteiger partial charge in [0, 0.05) is 31.5 Å². The van der Waals surface area contributed by atoms with Crippen LogP contribution in [0.5, 0.6) is 0 Å². The lowest BCUT2D eigenvalue weighted by Gasteiger charge is -2.34. The van der Waals surface area contributed by atoms with Crippen molar-refractivity contribution in [2.24, 2.45) is 22.7 Å². The number of amidine groups is 1. The number of carbonyl (C=O) groups excluding carboxylic acids is 1. The molecule has 1 spiro atoms. The van der Waals surface area contributed by atoms with Gasteiger partial charge in [0.15, 0.2) is 0 Å². The molecule has 1 aromatic carbocycles. The number of hydrazine groups is 1. The van der Waals surface area contributed by atoms with E-state index in [9.17, 15) is 13.2 Å². The number of carbonyl (C=O) groups is 1. The molecule has 2 fully saturated rings. The molecule has 35 heavy (non-hydrogen) atoms. The zero-order chi connectivity index (χ0) is 25.4. The van der Waals surface area contributed by atoms with Gasteiger partial charge >= 0.3 is 0 Å². The highest BCUT2D eigenvalue weighted by molar-refractivity contribution is 7.92. The molecule has 3 aliphatic rings. The van der Waals surface area contributed by atoms with Crippen molar-refractivity contribution in [1.82, 2.24) is 9.62 Å². The van der Waals surface area contributed by atoms with Crippen LogP contribution < -0.4 is 16.2 Å².